The summed E-state index contributed by atoms with van der Waals surface area (Å²) in [6.07, 6.45) is -4.50. The van der Waals surface area contributed by atoms with Crippen molar-refractivity contribution in [3.05, 3.63) is 28.0 Å². The molecule has 0 saturated carbocycles. The van der Waals surface area contributed by atoms with Crippen molar-refractivity contribution >= 4 is 21.8 Å². The van der Waals surface area contributed by atoms with Gasteiger partial charge in [0.05, 0.1) is 5.56 Å². The van der Waals surface area contributed by atoms with Crippen LogP contribution in [0, 0.1) is 0 Å². The predicted octanol–water partition coefficient (Wildman–Crippen LogP) is 1.96. The minimum Gasteiger partial charge on any atom is -0.364 e. The van der Waals surface area contributed by atoms with Crippen molar-refractivity contribution in [3.8, 4) is 0 Å². The lowest BCUT2D eigenvalue weighted by atomic mass is 10.2. The van der Waals surface area contributed by atoms with Crippen molar-refractivity contribution < 1.29 is 18.0 Å². The topological polar surface area (TPSA) is 56.0 Å². The van der Waals surface area contributed by atoms with Crippen LogP contribution < -0.4 is 5.73 Å². The summed E-state index contributed by atoms with van der Waals surface area (Å²) in [6, 6.07) is 1.67. The average Bonchev–Trinajstić information content (AvgIpc) is 2.01. The quantitative estimate of drug-likeness (QED) is 0.792. The number of nitrogens with zero attached hydrogens (tertiary/aromatic N) is 1. The number of alkyl halides is 3. The van der Waals surface area contributed by atoms with Crippen LogP contribution >= 0.6 is 15.9 Å². The van der Waals surface area contributed by atoms with Crippen LogP contribution in [0.4, 0.5) is 13.2 Å². The predicted molar refractivity (Wildman–Crippen MR) is 45.5 cm³/mol. The Hall–Kier alpha value is -1.11. The van der Waals surface area contributed by atoms with Crippen molar-refractivity contribution in [1.82, 2.24) is 4.98 Å². The fraction of sp³-hybridized carbons (Fsp3) is 0.143. The van der Waals surface area contributed by atoms with Crippen LogP contribution in [0.3, 0.4) is 0 Å². The summed E-state index contributed by atoms with van der Waals surface area (Å²) in [7, 11) is 0. The van der Waals surface area contributed by atoms with E-state index in [2.05, 4.69) is 20.9 Å². The largest absolute Gasteiger partial charge is 0.419 e. The summed E-state index contributed by atoms with van der Waals surface area (Å²) in [5.74, 6) is -0.876. The number of amides is 1. The molecule has 0 unspecified atom stereocenters. The first-order valence-corrected chi connectivity index (χ1v) is 4.15. The second-order valence-electron chi connectivity index (χ2n) is 2.40. The molecule has 3 nitrogen and oxygen atoms in total. The zero-order valence-corrected chi connectivity index (χ0v) is 8.19. The van der Waals surface area contributed by atoms with Gasteiger partial charge < -0.3 is 5.73 Å². The molecule has 0 aromatic carbocycles. The first-order valence-electron chi connectivity index (χ1n) is 3.36. The van der Waals surface area contributed by atoms with E-state index in [0.717, 1.165) is 12.1 Å². The summed E-state index contributed by atoms with van der Waals surface area (Å²) in [6.45, 7) is 0. The van der Waals surface area contributed by atoms with E-state index in [4.69, 9.17) is 5.73 Å². The van der Waals surface area contributed by atoms with E-state index in [-0.39, 0.29) is 5.69 Å². The molecule has 0 saturated heterocycles. The van der Waals surface area contributed by atoms with E-state index in [0.29, 0.717) is 0 Å². The highest BCUT2D eigenvalue weighted by Gasteiger charge is 2.33. The van der Waals surface area contributed by atoms with Crippen LogP contribution in [0.25, 0.3) is 0 Å². The minimum absolute atomic E-state index is 0.218. The van der Waals surface area contributed by atoms with Gasteiger partial charge in [-0.05, 0) is 28.1 Å². The first kappa shape index (κ1) is 11.0. The third-order valence-corrected chi connectivity index (χ3v) is 2.01. The van der Waals surface area contributed by atoms with Crippen molar-refractivity contribution in [2.75, 3.05) is 0 Å². The Kier molecular flexibility index (Phi) is 2.79. The Bertz CT molecular complexity index is 378. The standard InChI is InChI=1S/C7H4BrF3N2O/c8-5-3(7(9,10)11)1-2-4(13-5)6(12)14/h1-2H,(H2,12,14). The maximum absolute atomic E-state index is 12.2. The molecule has 0 atom stereocenters. The summed E-state index contributed by atoms with van der Waals surface area (Å²) in [5.41, 5.74) is 3.68. The third-order valence-electron chi connectivity index (χ3n) is 1.41. The Morgan fingerprint density at radius 2 is 2.00 bits per heavy atom. The molecular formula is C7H4BrF3N2O. The second-order valence-corrected chi connectivity index (χ2v) is 3.15. The molecule has 14 heavy (non-hydrogen) atoms. The number of carbonyl (C=O) groups is 1. The van der Waals surface area contributed by atoms with Gasteiger partial charge in [-0.15, -0.1) is 0 Å². The van der Waals surface area contributed by atoms with Crippen LogP contribution in [0.2, 0.25) is 0 Å². The minimum atomic E-state index is -4.50. The van der Waals surface area contributed by atoms with Gasteiger partial charge >= 0.3 is 6.18 Å². The summed E-state index contributed by atoms with van der Waals surface area (Å²) in [5, 5.41) is 0. The molecule has 0 bridgehead atoms. The Morgan fingerprint density at radius 3 is 2.36 bits per heavy atom. The zero-order valence-electron chi connectivity index (χ0n) is 6.60. The molecule has 0 aliphatic heterocycles. The van der Waals surface area contributed by atoms with Gasteiger partial charge in [0.25, 0.3) is 5.91 Å². The fourth-order valence-corrected chi connectivity index (χ4v) is 1.33. The van der Waals surface area contributed by atoms with Crippen LogP contribution in [0.15, 0.2) is 16.7 Å². The van der Waals surface area contributed by atoms with Crippen LogP contribution in [-0.2, 0) is 6.18 Å². The second kappa shape index (κ2) is 3.56. The van der Waals surface area contributed by atoms with Gasteiger partial charge in [0.15, 0.2) is 0 Å². The van der Waals surface area contributed by atoms with E-state index in [9.17, 15) is 18.0 Å². The number of aromatic nitrogens is 1. The lowest BCUT2D eigenvalue weighted by Gasteiger charge is -2.08. The highest BCUT2D eigenvalue weighted by atomic mass is 79.9. The van der Waals surface area contributed by atoms with Crippen LogP contribution in [0.5, 0.6) is 0 Å². The zero-order chi connectivity index (χ0) is 10.9. The normalized spacial score (nSPS) is 11.4. The van der Waals surface area contributed by atoms with E-state index in [1.807, 2.05) is 0 Å². The molecular weight excluding hydrogens is 265 g/mol. The molecule has 0 aliphatic rings. The molecule has 1 heterocycles. The van der Waals surface area contributed by atoms with E-state index in [1.165, 1.54) is 0 Å². The molecule has 1 rings (SSSR count). The van der Waals surface area contributed by atoms with Gasteiger partial charge in [-0.2, -0.15) is 13.2 Å². The lowest BCUT2D eigenvalue weighted by molar-refractivity contribution is -0.138. The van der Waals surface area contributed by atoms with Gasteiger partial charge in [0, 0.05) is 0 Å². The number of nitrogens with two attached hydrogens (primary N) is 1. The number of rotatable bonds is 1. The molecule has 0 spiro atoms. The number of carbonyl (C=O) groups excluding carboxylic acids is 1. The third kappa shape index (κ3) is 2.22. The Balaban J connectivity index is 3.21. The Labute approximate surface area is 85.2 Å². The van der Waals surface area contributed by atoms with Gasteiger partial charge in [-0.1, -0.05) is 0 Å². The van der Waals surface area contributed by atoms with Gasteiger partial charge in [0.1, 0.15) is 10.3 Å². The smallest absolute Gasteiger partial charge is 0.364 e. The van der Waals surface area contributed by atoms with Crippen molar-refractivity contribution in [2.24, 2.45) is 5.73 Å². The van der Waals surface area contributed by atoms with Gasteiger partial charge in [-0.25, -0.2) is 4.98 Å². The maximum Gasteiger partial charge on any atom is 0.419 e. The van der Waals surface area contributed by atoms with Gasteiger partial charge in [0.2, 0.25) is 0 Å². The molecule has 1 aromatic rings. The highest BCUT2D eigenvalue weighted by Crippen LogP contribution is 2.33. The van der Waals surface area contributed by atoms with Crippen LogP contribution in [-0.4, -0.2) is 10.9 Å². The highest BCUT2D eigenvalue weighted by molar-refractivity contribution is 9.10. The summed E-state index contributed by atoms with van der Waals surface area (Å²) in [4.78, 5) is 13.9. The van der Waals surface area contributed by atoms with Crippen molar-refractivity contribution in [1.29, 1.82) is 0 Å². The summed E-state index contributed by atoms with van der Waals surface area (Å²) >= 11 is 2.61. The monoisotopic (exact) mass is 268 g/mol. The van der Waals surface area contributed by atoms with Gasteiger partial charge in [-0.3, -0.25) is 4.79 Å². The molecule has 1 amide bonds. The van der Waals surface area contributed by atoms with E-state index >= 15 is 0 Å². The lowest BCUT2D eigenvalue weighted by Crippen LogP contribution is -2.15. The van der Waals surface area contributed by atoms with E-state index < -0.39 is 22.3 Å². The van der Waals surface area contributed by atoms with Crippen LogP contribution in [0.1, 0.15) is 16.1 Å². The number of halogens is 4. The SMILES string of the molecule is NC(=O)c1ccc(C(F)(F)F)c(Br)n1. The van der Waals surface area contributed by atoms with Crippen molar-refractivity contribution in [3.63, 3.8) is 0 Å². The molecule has 7 heteroatoms. The number of pyridine rings is 1. The number of hydrogen-bond acceptors (Lipinski definition) is 2. The molecule has 0 aliphatic carbocycles. The first-order chi connectivity index (χ1) is 6.32. The number of primary amides is 1. The molecule has 0 radical (unpaired) electrons. The average molecular weight is 269 g/mol. The maximum atomic E-state index is 12.2. The molecule has 0 fully saturated rings. The number of hydrogen-bond donors (Lipinski definition) is 1. The molecule has 76 valence electrons. The molecule has 2 N–H and O–H groups in total. The van der Waals surface area contributed by atoms with Crippen molar-refractivity contribution in [2.45, 2.75) is 6.18 Å². The Morgan fingerprint density at radius 1 is 1.43 bits per heavy atom. The fourth-order valence-electron chi connectivity index (χ4n) is 0.783. The van der Waals surface area contributed by atoms with E-state index in [1.54, 1.807) is 0 Å². The molecule has 1 aromatic heterocycles. The summed E-state index contributed by atoms with van der Waals surface area (Å²) < 4.78 is 36.1.